The first-order valence-corrected chi connectivity index (χ1v) is 9.45. The van der Waals surface area contributed by atoms with Crippen molar-refractivity contribution in [3.63, 3.8) is 0 Å². The first kappa shape index (κ1) is 18.6. The normalized spacial score (nSPS) is 13.1. The minimum Gasteiger partial charge on any atom is -0.447 e. The summed E-state index contributed by atoms with van der Waals surface area (Å²) in [5.41, 5.74) is 3.73. The number of fused-ring (bicyclic) bond motifs is 1. The van der Waals surface area contributed by atoms with Crippen LogP contribution in [0.3, 0.4) is 0 Å². The number of amides is 2. The zero-order valence-electron chi connectivity index (χ0n) is 16.1. The number of anilines is 1. The molecule has 1 saturated heterocycles. The lowest BCUT2D eigenvalue weighted by atomic mass is 10.1. The second kappa shape index (κ2) is 8.11. The Kier molecular flexibility index (Phi) is 5.21. The monoisotopic (exact) mass is 387 g/mol. The lowest BCUT2D eigenvalue weighted by molar-refractivity contribution is -0.120. The number of aryl methyl sites for hydroxylation is 1. The average molecular weight is 387 g/mol. The van der Waals surface area contributed by atoms with Gasteiger partial charge in [0, 0.05) is 35.4 Å². The Morgan fingerprint density at radius 3 is 2.72 bits per heavy atom. The van der Waals surface area contributed by atoms with Crippen LogP contribution >= 0.6 is 0 Å². The van der Waals surface area contributed by atoms with Crippen molar-refractivity contribution >= 4 is 28.6 Å². The van der Waals surface area contributed by atoms with Gasteiger partial charge in [0.15, 0.2) is 0 Å². The molecule has 29 heavy (non-hydrogen) atoms. The van der Waals surface area contributed by atoms with Crippen LogP contribution in [-0.2, 0) is 23.0 Å². The smallest absolute Gasteiger partial charge is 0.414 e. The van der Waals surface area contributed by atoms with Crippen molar-refractivity contribution in [2.24, 2.45) is 7.05 Å². The van der Waals surface area contributed by atoms with E-state index in [0.717, 1.165) is 27.7 Å². The number of ether oxygens (including phenoxy) is 1. The summed E-state index contributed by atoms with van der Waals surface area (Å²) in [6.45, 7) is 1.26. The van der Waals surface area contributed by atoms with Crippen LogP contribution in [0.5, 0.6) is 0 Å². The maximum atomic E-state index is 12.3. The van der Waals surface area contributed by atoms with Crippen LogP contribution in [0.15, 0.2) is 54.7 Å². The molecule has 2 amide bonds. The third-order valence-electron chi connectivity index (χ3n) is 4.88. The first-order valence-electron chi connectivity index (χ1n) is 9.45. The summed E-state index contributed by atoms with van der Waals surface area (Å²) in [5.74, 6) is 5.93. The highest BCUT2D eigenvalue weighted by molar-refractivity contribution is 5.90. The molecule has 0 atom stereocenters. The topological polar surface area (TPSA) is 63.6 Å². The third-order valence-corrected chi connectivity index (χ3v) is 4.88. The van der Waals surface area contributed by atoms with E-state index in [9.17, 15) is 9.59 Å². The number of carbonyl (C=O) groups excluding carboxylic acids is 2. The Morgan fingerprint density at radius 2 is 1.97 bits per heavy atom. The van der Waals surface area contributed by atoms with Gasteiger partial charge in [-0.15, -0.1) is 0 Å². The van der Waals surface area contributed by atoms with Crippen LogP contribution in [0.4, 0.5) is 10.5 Å². The zero-order chi connectivity index (χ0) is 20.2. The SMILES string of the molecule is Cn1cc(CC(=O)NCC#Cc2ccc(N3CCOC3=O)cc2)c2ccccc21. The zero-order valence-corrected chi connectivity index (χ0v) is 16.1. The van der Waals surface area contributed by atoms with Crippen molar-refractivity contribution in [3.05, 3.63) is 65.9 Å². The van der Waals surface area contributed by atoms with Gasteiger partial charge in [0.25, 0.3) is 0 Å². The summed E-state index contributed by atoms with van der Waals surface area (Å²) in [4.78, 5) is 25.4. The molecule has 3 aromatic rings. The predicted molar refractivity (Wildman–Crippen MR) is 112 cm³/mol. The predicted octanol–water partition coefficient (Wildman–Crippen LogP) is 2.85. The summed E-state index contributed by atoms with van der Waals surface area (Å²) < 4.78 is 6.97. The average Bonchev–Trinajstić information content (AvgIpc) is 3.29. The Hall–Kier alpha value is -3.72. The fraction of sp³-hybridized carbons (Fsp3) is 0.217. The molecule has 1 fully saturated rings. The Balaban J connectivity index is 1.32. The molecule has 0 aliphatic carbocycles. The van der Waals surface area contributed by atoms with E-state index in [0.29, 0.717) is 19.6 Å². The van der Waals surface area contributed by atoms with Crippen LogP contribution in [0, 0.1) is 11.8 Å². The number of cyclic esters (lactones) is 1. The fourth-order valence-corrected chi connectivity index (χ4v) is 3.44. The number of hydrogen-bond acceptors (Lipinski definition) is 3. The molecule has 0 radical (unpaired) electrons. The molecule has 2 aromatic carbocycles. The van der Waals surface area contributed by atoms with Crippen molar-refractivity contribution in [2.45, 2.75) is 6.42 Å². The number of aromatic nitrogens is 1. The third kappa shape index (κ3) is 4.09. The first-order chi connectivity index (χ1) is 14.1. The fourth-order valence-electron chi connectivity index (χ4n) is 3.44. The van der Waals surface area contributed by atoms with E-state index in [1.807, 2.05) is 66.3 Å². The second-order valence-corrected chi connectivity index (χ2v) is 6.85. The molecule has 1 aliphatic heterocycles. The summed E-state index contributed by atoms with van der Waals surface area (Å²) in [6.07, 6.45) is 2.00. The number of nitrogens with one attached hydrogen (secondary N) is 1. The standard InChI is InChI=1S/C23H21N3O3/c1-25-16-18(20-6-2-3-7-21(20)25)15-22(27)24-12-4-5-17-8-10-19(11-9-17)26-13-14-29-23(26)28/h2-3,6-11,16H,12-15H2,1H3,(H,24,27). The number of carbonyl (C=O) groups is 2. The molecular weight excluding hydrogens is 366 g/mol. The lowest BCUT2D eigenvalue weighted by Crippen LogP contribution is -2.25. The van der Waals surface area contributed by atoms with E-state index in [2.05, 4.69) is 17.2 Å². The van der Waals surface area contributed by atoms with E-state index in [-0.39, 0.29) is 18.5 Å². The molecule has 0 saturated carbocycles. The quantitative estimate of drug-likeness (QED) is 0.700. The van der Waals surface area contributed by atoms with E-state index in [1.54, 1.807) is 4.90 Å². The van der Waals surface area contributed by atoms with Crippen LogP contribution < -0.4 is 10.2 Å². The highest BCUT2D eigenvalue weighted by atomic mass is 16.6. The number of benzene rings is 2. The number of hydrogen-bond donors (Lipinski definition) is 1. The largest absolute Gasteiger partial charge is 0.447 e. The Morgan fingerprint density at radius 1 is 1.17 bits per heavy atom. The minimum atomic E-state index is -0.322. The maximum absolute atomic E-state index is 12.3. The highest BCUT2D eigenvalue weighted by Crippen LogP contribution is 2.21. The molecule has 1 aliphatic rings. The van der Waals surface area contributed by atoms with Crippen molar-refractivity contribution in [1.29, 1.82) is 0 Å². The molecular formula is C23H21N3O3. The van der Waals surface area contributed by atoms with E-state index in [4.69, 9.17) is 4.74 Å². The van der Waals surface area contributed by atoms with Crippen LogP contribution in [0.1, 0.15) is 11.1 Å². The van der Waals surface area contributed by atoms with Gasteiger partial charge in [-0.2, -0.15) is 0 Å². The Bertz CT molecular complexity index is 1120. The molecule has 0 spiro atoms. The van der Waals surface area contributed by atoms with Gasteiger partial charge in [0.1, 0.15) is 6.61 Å². The molecule has 4 rings (SSSR count). The highest BCUT2D eigenvalue weighted by Gasteiger charge is 2.23. The van der Waals surface area contributed by atoms with Crippen molar-refractivity contribution in [2.75, 3.05) is 24.6 Å². The van der Waals surface area contributed by atoms with Gasteiger partial charge in [-0.3, -0.25) is 9.69 Å². The molecule has 6 heteroatoms. The molecule has 0 unspecified atom stereocenters. The van der Waals surface area contributed by atoms with E-state index in [1.165, 1.54) is 0 Å². The van der Waals surface area contributed by atoms with Crippen LogP contribution in [0.2, 0.25) is 0 Å². The molecule has 0 bridgehead atoms. The summed E-state index contributed by atoms with van der Waals surface area (Å²) in [7, 11) is 1.98. The minimum absolute atomic E-state index is 0.0569. The molecule has 146 valence electrons. The molecule has 6 nitrogen and oxygen atoms in total. The van der Waals surface area contributed by atoms with Gasteiger partial charge in [-0.1, -0.05) is 30.0 Å². The van der Waals surface area contributed by atoms with Gasteiger partial charge in [0.2, 0.25) is 5.91 Å². The number of nitrogens with zero attached hydrogens (tertiary/aromatic N) is 2. The van der Waals surface area contributed by atoms with Crippen molar-refractivity contribution < 1.29 is 14.3 Å². The van der Waals surface area contributed by atoms with Gasteiger partial charge < -0.3 is 14.6 Å². The van der Waals surface area contributed by atoms with Gasteiger partial charge in [0.05, 0.1) is 19.5 Å². The van der Waals surface area contributed by atoms with Gasteiger partial charge in [-0.25, -0.2) is 4.79 Å². The van der Waals surface area contributed by atoms with E-state index >= 15 is 0 Å². The lowest BCUT2D eigenvalue weighted by Gasteiger charge is -2.11. The van der Waals surface area contributed by atoms with Gasteiger partial charge >= 0.3 is 6.09 Å². The summed E-state index contributed by atoms with van der Waals surface area (Å²) >= 11 is 0. The summed E-state index contributed by atoms with van der Waals surface area (Å²) in [5, 5.41) is 3.94. The molecule has 2 heterocycles. The van der Waals surface area contributed by atoms with Crippen LogP contribution in [0.25, 0.3) is 10.9 Å². The van der Waals surface area contributed by atoms with Crippen LogP contribution in [-0.4, -0.2) is 36.3 Å². The Labute approximate surface area is 169 Å². The number of rotatable bonds is 4. The van der Waals surface area contributed by atoms with Gasteiger partial charge in [-0.05, 0) is 35.9 Å². The number of para-hydroxylation sites is 1. The second-order valence-electron chi connectivity index (χ2n) is 6.85. The van der Waals surface area contributed by atoms with E-state index < -0.39 is 0 Å². The van der Waals surface area contributed by atoms with Crippen molar-refractivity contribution in [1.82, 2.24) is 9.88 Å². The maximum Gasteiger partial charge on any atom is 0.414 e. The van der Waals surface area contributed by atoms with Crippen molar-refractivity contribution in [3.8, 4) is 11.8 Å². The molecule has 1 aromatic heterocycles. The molecule has 1 N–H and O–H groups in total. The summed E-state index contributed by atoms with van der Waals surface area (Å²) in [6, 6.07) is 15.4.